The minimum atomic E-state index is 0.0268. The Morgan fingerprint density at radius 1 is 1.67 bits per heavy atom. The molecule has 1 unspecified atom stereocenters. The molecule has 4 heteroatoms. The summed E-state index contributed by atoms with van der Waals surface area (Å²) in [4.78, 5) is 12.2. The maximum atomic E-state index is 11.1. The van der Waals surface area contributed by atoms with Gasteiger partial charge < -0.3 is 11.1 Å². The fourth-order valence-corrected chi connectivity index (χ4v) is 2.23. The minimum absolute atomic E-state index is 0.0268. The molecule has 0 saturated heterocycles. The maximum absolute atomic E-state index is 11.1. The summed E-state index contributed by atoms with van der Waals surface area (Å²) >= 11 is 1.61. The van der Waals surface area contributed by atoms with Crippen LogP contribution < -0.4 is 11.1 Å². The van der Waals surface area contributed by atoms with Crippen LogP contribution in [-0.2, 0) is 4.79 Å². The Morgan fingerprint density at radius 3 is 3.33 bits per heavy atom. The van der Waals surface area contributed by atoms with Gasteiger partial charge in [0.25, 0.3) is 0 Å². The van der Waals surface area contributed by atoms with E-state index >= 15 is 0 Å². The molecule has 1 aliphatic heterocycles. The fourth-order valence-electron chi connectivity index (χ4n) is 1.34. The Kier molecular flexibility index (Phi) is 1.86. The van der Waals surface area contributed by atoms with E-state index in [0.29, 0.717) is 6.42 Å². The van der Waals surface area contributed by atoms with Crippen molar-refractivity contribution in [2.75, 3.05) is 5.32 Å². The first-order chi connectivity index (χ1) is 5.77. The van der Waals surface area contributed by atoms with Crippen molar-refractivity contribution >= 4 is 22.9 Å². The molecule has 12 heavy (non-hydrogen) atoms. The number of amides is 1. The van der Waals surface area contributed by atoms with E-state index in [0.717, 1.165) is 17.0 Å². The summed E-state index contributed by atoms with van der Waals surface area (Å²) < 4.78 is 0. The Balaban J connectivity index is 2.38. The van der Waals surface area contributed by atoms with Crippen LogP contribution in [0.3, 0.4) is 0 Å². The monoisotopic (exact) mass is 182 g/mol. The van der Waals surface area contributed by atoms with Crippen molar-refractivity contribution in [1.82, 2.24) is 0 Å². The molecule has 0 aliphatic carbocycles. The van der Waals surface area contributed by atoms with E-state index in [2.05, 4.69) is 5.32 Å². The average Bonchev–Trinajstić information content (AvgIpc) is 2.44. The van der Waals surface area contributed by atoms with Crippen LogP contribution in [0.1, 0.15) is 23.8 Å². The molecule has 0 fully saturated rings. The third-order valence-electron chi connectivity index (χ3n) is 1.99. The number of carbonyl (C=O) groups is 1. The van der Waals surface area contributed by atoms with Gasteiger partial charge in [0.2, 0.25) is 5.91 Å². The summed E-state index contributed by atoms with van der Waals surface area (Å²) in [5.41, 5.74) is 6.77. The van der Waals surface area contributed by atoms with E-state index in [4.69, 9.17) is 5.73 Å². The highest BCUT2D eigenvalue weighted by Crippen LogP contribution is 2.32. The van der Waals surface area contributed by atoms with Crippen LogP contribution in [0.15, 0.2) is 11.4 Å². The van der Waals surface area contributed by atoms with Gasteiger partial charge in [-0.2, -0.15) is 0 Å². The Morgan fingerprint density at radius 2 is 2.50 bits per heavy atom. The van der Waals surface area contributed by atoms with E-state index in [1.165, 1.54) is 0 Å². The van der Waals surface area contributed by atoms with Crippen LogP contribution in [-0.4, -0.2) is 5.91 Å². The minimum Gasteiger partial charge on any atom is -0.325 e. The van der Waals surface area contributed by atoms with Crippen molar-refractivity contribution in [3.8, 4) is 0 Å². The quantitative estimate of drug-likeness (QED) is 0.638. The zero-order valence-electron chi connectivity index (χ0n) is 6.54. The molecule has 2 heterocycles. The van der Waals surface area contributed by atoms with Crippen molar-refractivity contribution in [3.05, 3.63) is 16.3 Å². The van der Waals surface area contributed by atoms with Crippen molar-refractivity contribution in [3.63, 3.8) is 0 Å². The van der Waals surface area contributed by atoms with E-state index < -0.39 is 0 Å². The third-order valence-corrected chi connectivity index (χ3v) is 3.04. The SMILES string of the molecule is NC1CCC(=O)Nc2ccsc21. The van der Waals surface area contributed by atoms with Crippen LogP contribution in [0.25, 0.3) is 0 Å². The van der Waals surface area contributed by atoms with Gasteiger partial charge in [-0.05, 0) is 17.9 Å². The van der Waals surface area contributed by atoms with Crippen LogP contribution in [0.5, 0.6) is 0 Å². The van der Waals surface area contributed by atoms with Crippen molar-refractivity contribution in [2.45, 2.75) is 18.9 Å². The normalized spacial score (nSPS) is 22.8. The summed E-state index contributed by atoms with van der Waals surface area (Å²) in [7, 11) is 0. The molecule has 3 N–H and O–H groups in total. The highest BCUT2D eigenvalue weighted by atomic mass is 32.1. The largest absolute Gasteiger partial charge is 0.325 e. The first kappa shape index (κ1) is 7.76. The number of rotatable bonds is 0. The standard InChI is InChI=1S/C8H10N2OS/c9-5-1-2-7(11)10-6-3-4-12-8(5)6/h3-5H,1-2,9H2,(H,10,11). The van der Waals surface area contributed by atoms with E-state index in [-0.39, 0.29) is 11.9 Å². The second kappa shape index (κ2) is 2.88. The van der Waals surface area contributed by atoms with Gasteiger partial charge in [0, 0.05) is 17.3 Å². The molecule has 0 spiro atoms. The molecule has 3 nitrogen and oxygen atoms in total. The lowest BCUT2D eigenvalue weighted by molar-refractivity contribution is -0.116. The molecule has 2 rings (SSSR count). The second-order valence-corrected chi connectivity index (χ2v) is 3.84. The zero-order chi connectivity index (χ0) is 8.55. The predicted molar refractivity (Wildman–Crippen MR) is 49.1 cm³/mol. The molecule has 1 aromatic heterocycles. The molecule has 1 atom stereocenters. The molecule has 0 bridgehead atoms. The zero-order valence-corrected chi connectivity index (χ0v) is 7.36. The van der Waals surface area contributed by atoms with Gasteiger partial charge in [0.05, 0.1) is 5.69 Å². The molecular weight excluding hydrogens is 172 g/mol. The number of thiophene rings is 1. The highest BCUT2D eigenvalue weighted by Gasteiger charge is 2.19. The van der Waals surface area contributed by atoms with Gasteiger partial charge in [-0.15, -0.1) is 11.3 Å². The summed E-state index contributed by atoms with van der Waals surface area (Å²) in [5.74, 6) is 0.0719. The van der Waals surface area contributed by atoms with Gasteiger partial charge in [-0.3, -0.25) is 4.79 Å². The Labute approximate surface area is 74.6 Å². The lowest BCUT2D eigenvalue weighted by Crippen LogP contribution is -2.09. The first-order valence-electron chi connectivity index (χ1n) is 3.90. The van der Waals surface area contributed by atoms with Crippen LogP contribution in [0.4, 0.5) is 5.69 Å². The summed E-state index contributed by atoms with van der Waals surface area (Å²) in [6, 6.07) is 1.93. The van der Waals surface area contributed by atoms with E-state index in [9.17, 15) is 4.79 Å². The second-order valence-electron chi connectivity index (χ2n) is 2.89. The van der Waals surface area contributed by atoms with Crippen LogP contribution >= 0.6 is 11.3 Å². The predicted octanol–water partition coefficient (Wildman–Crippen LogP) is 1.48. The molecule has 64 valence electrons. The van der Waals surface area contributed by atoms with E-state index in [1.54, 1.807) is 11.3 Å². The van der Waals surface area contributed by atoms with Gasteiger partial charge in [-0.1, -0.05) is 0 Å². The summed E-state index contributed by atoms with van der Waals surface area (Å²) in [6.07, 6.45) is 1.28. The van der Waals surface area contributed by atoms with Crippen LogP contribution in [0, 0.1) is 0 Å². The van der Waals surface area contributed by atoms with Gasteiger partial charge in [0.15, 0.2) is 0 Å². The molecule has 1 amide bonds. The van der Waals surface area contributed by atoms with Gasteiger partial charge in [-0.25, -0.2) is 0 Å². The van der Waals surface area contributed by atoms with Gasteiger partial charge in [0.1, 0.15) is 0 Å². The number of hydrogen-bond donors (Lipinski definition) is 2. The maximum Gasteiger partial charge on any atom is 0.224 e. The topological polar surface area (TPSA) is 55.1 Å². The molecule has 0 radical (unpaired) electrons. The van der Waals surface area contributed by atoms with Crippen molar-refractivity contribution < 1.29 is 4.79 Å². The first-order valence-corrected chi connectivity index (χ1v) is 4.78. The fraction of sp³-hybridized carbons (Fsp3) is 0.375. The van der Waals surface area contributed by atoms with E-state index in [1.807, 2.05) is 11.4 Å². The number of carbonyl (C=O) groups excluding carboxylic acids is 1. The third kappa shape index (κ3) is 1.23. The molecule has 1 aliphatic rings. The lowest BCUT2D eigenvalue weighted by Gasteiger charge is -2.04. The number of nitrogens with one attached hydrogen (secondary N) is 1. The molecule has 0 saturated carbocycles. The molecular formula is C8H10N2OS. The Hall–Kier alpha value is -0.870. The average molecular weight is 182 g/mol. The summed E-state index contributed by atoms with van der Waals surface area (Å²) in [5, 5.41) is 4.78. The van der Waals surface area contributed by atoms with Crippen LogP contribution in [0.2, 0.25) is 0 Å². The number of nitrogens with two attached hydrogens (primary N) is 1. The number of hydrogen-bond acceptors (Lipinski definition) is 3. The smallest absolute Gasteiger partial charge is 0.224 e. The molecule has 0 aromatic carbocycles. The Bertz CT molecular complexity index is 308. The van der Waals surface area contributed by atoms with Crippen molar-refractivity contribution in [1.29, 1.82) is 0 Å². The highest BCUT2D eigenvalue weighted by molar-refractivity contribution is 7.10. The number of anilines is 1. The summed E-state index contributed by atoms with van der Waals surface area (Å²) in [6.45, 7) is 0. The van der Waals surface area contributed by atoms with Crippen molar-refractivity contribution in [2.24, 2.45) is 5.73 Å². The lowest BCUT2D eigenvalue weighted by atomic mass is 10.1. The number of fused-ring (bicyclic) bond motifs is 1. The van der Waals surface area contributed by atoms with Gasteiger partial charge >= 0.3 is 0 Å². The molecule has 1 aromatic rings.